The van der Waals surface area contributed by atoms with Crippen LogP contribution in [0.4, 0.5) is 0 Å². The molecule has 1 aliphatic rings. The van der Waals surface area contributed by atoms with Crippen molar-refractivity contribution in [3.8, 4) is 0 Å². The molecule has 1 aromatic carbocycles. The number of aryl methyl sites for hydroxylation is 1. The van der Waals surface area contributed by atoms with E-state index in [0.717, 1.165) is 38.8 Å². The van der Waals surface area contributed by atoms with Crippen LogP contribution in [0.3, 0.4) is 0 Å². The highest BCUT2D eigenvalue weighted by molar-refractivity contribution is 5.78. The molecule has 0 N–H and O–H groups in total. The number of rotatable bonds is 7. The minimum Gasteiger partial charge on any atom is -0.342 e. The monoisotopic (exact) mass is 288 g/mol. The van der Waals surface area contributed by atoms with E-state index in [4.69, 9.17) is 0 Å². The van der Waals surface area contributed by atoms with Gasteiger partial charge in [-0.2, -0.15) is 0 Å². The first kappa shape index (κ1) is 16.0. The molecule has 0 radical (unpaired) electrons. The van der Waals surface area contributed by atoms with Gasteiger partial charge in [0, 0.05) is 19.1 Å². The van der Waals surface area contributed by atoms with Gasteiger partial charge in [0.15, 0.2) is 0 Å². The van der Waals surface area contributed by atoms with Crippen molar-refractivity contribution in [1.29, 1.82) is 0 Å². The summed E-state index contributed by atoms with van der Waals surface area (Å²) in [4.78, 5) is 16.7. The van der Waals surface area contributed by atoms with Crippen LogP contribution in [0.25, 0.3) is 0 Å². The number of nitrogens with zero attached hydrogens (tertiary/aromatic N) is 2. The minimum atomic E-state index is 0.269. The second kappa shape index (κ2) is 7.60. The fourth-order valence-corrected chi connectivity index (χ4v) is 3.32. The molecular formula is C18H28N2O. The third-order valence-corrected chi connectivity index (χ3v) is 4.36. The topological polar surface area (TPSA) is 23.6 Å². The largest absolute Gasteiger partial charge is 0.342 e. The third-order valence-electron chi connectivity index (χ3n) is 4.36. The van der Waals surface area contributed by atoms with E-state index in [1.165, 1.54) is 11.1 Å². The number of hydrogen-bond acceptors (Lipinski definition) is 2. The fraction of sp³-hybridized carbons (Fsp3) is 0.611. The fourth-order valence-electron chi connectivity index (χ4n) is 3.32. The molecule has 1 aromatic rings. The summed E-state index contributed by atoms with van der Waals surface area (Å²) in [6, 6.07) is 9.04. The van der Waals surface area contributed by atoms with Gasteiger partial charge < -0.3 is 4.90 Å². The molecule has 1 atom stereocenters. The zero-order valence-electron chi connectivity index (χ0n) is 13.6. The Bertz CT molecular complexity index is 466. The Labute approximate surface area is 128 Å². The summed E-state index contributed by atoms with van der Waals surface area (Å²) in [6.45, 7) is 6.54. The third kappa shape index (κ3) is 3.85. The number of hydrogen-bond donors (Lipinski definition) is 0. The Balaban J connectivity index is 1.98. The Kier molecular flexibility index (Phi) is 5.80. The molecule has 0 spiro atoms. The second-order valence-electron chi connectivity index (χ2n) is 6.05. The van der Waals surface area contributed by atoms with Crippen molar-refractivity contribution in [2.45, 2.75) is 45.6 Å². The molecule has 0 unspecified atom stereocenters. The van der Waals surface area contributed by atoms with Gasteiger partial charge in [0.2, 0.25) is 5.91 Å². The summed E-state index contributed by atoms with van der Waals surface area (Å²) in [5.41, 5.74) is 2.85. The zero-order chi connectivity index (χ0) is 15.2. The summed E-state index contributed by atoms with van der Waals surface area (Å²) < 4.78 is 0. The molecule has 21 heavy (non-hydrogen) atoms. The van der Waals surface area contributed by atoms with Gasteiger partial charge in [0.25, 0.3) is 0 Å². The van der Waals surface area contributed by atoms with Gasteiger partial charge in [-0.25, -0.2) is 0 Å². The molecule has 0 heterocycles. The summed E-state index contributed by atoms with van der Waals surface area (Å²) in [5, 5.41) is 0. The van der Waals surface area contributed by atoms with E-state index in [1.54, 1.807) is 0 Å². The first-order chi connectivity index (χ1) is 10.2. The maximum absolute atomic E-state index is 12.5. The first-order valence-electron chi connectivity index (χ1n) is 8.23. The van der Waals surface area contributed by atoms with Crippen molar-refractivity contribution in [1.82, 2.24) is 9.80 Å². The van der Waals surface area contributed by atoms with Gasteiger partial charge in [0.05, 0.1) is 6.54 Å². The lowest BCUT2D eigenvalue weighted by molar-refractivity contribution is -0.132. The number of fused-ring (bicyclic) bond motifs is 1. The van der Waals surface area contributed by atoms with Crippen LogP contribution in [0, 0.1) is 0 Å². The van der Waals surface area contributed by atoms with Gasteiger partial charge >= 0.3 is 0 Å². The summed E-state index contributed by atoms with van der Waals surface area (Å²) >= 11 is 0. The predicted molar refractivity (Wildman–Crippen MR) is 87.3 cm³/mol. The van der Waals surface area contributed by atoms with Gasteiger partial charge in [-0.05, 0) is 43.9 Å². The van der Waals surface area contributed by atoms with Crippen LogP contribution in [0.1, 0.15) is 50.3 Å². The number of benzene rings is 1. The molecule has 3 nitrogen and oxygen atoms in total. The van der Waals surface area contributed by atoms with Crippen LogP contribution in [0.15, 0.2) is 24.3 Å². The highest BCUT2D eigenvalue weighted by Crippen LogP contribution is 2.34. The van der Waals surface area contributed by atoms with E-state index < -0.39 is 0 Å². The number of carbonyl (C=O) groups excluding carboxylic acids is 1. The lowest BCUT2D eigenvalue weighted by Crippen LogP contribution is -2.40. The summed E-state index contributed by atoms with van der Waals surface area (Å²) in [7, 11) is 2.08. The Morgan fingerprint density at radius 3 is 2.52 bits per heavy atom. The van der Waals surface area contributed by atoms with E-state index >= 15 is 0 Å². The Hall–Kier alpha value is -1.35. The molecule has 0 bridgehead atoms. The van der Waals surface area contributed by atoms with Crippen LogP contribution in [-0.2, 0) is 11.2 Å². The van der Waals surface area contributed by atoms with Crippen molar-refractivity contribution >= 4 is 5.91 Å². The molecule has 0 saturated heterocycles. The average Bonchev–Trinajstić information content (AvgIpc) is 2.91. The van der Waals surface area contributed by atoms with Crippen LogP contribution in [-0.4, -0.2) is 42.4 Å². The maximum atomic E-state index is 12.5. The number of likely N-dealkylation sites (N-methyl/N-ethyl adjacent to an activating group) is 1. The van der Waals surface area contributed by atoms with E-state index in [1.807, 2.05) is 4.90 Å². The molecule has 116 valence electrons. The van der Waals surface area contributed by atoms with Crippen molar-refractivity contribution in [2.24, 2.45) is 0 Å². The van der Waals surface area contributed by atoms with Crippen LogP contribution in [0.5, 0.6) is 0 Å². The standard InChI is InChI=1S/C18H28N2O/c1-4-12-20(13-5-2)18(21)14-19(3)17-11-10-15-8-6-7-9-16(15)17/h6-9,17H,4-5,10-14H2,1-3H3/t17-/m1/s1. The molecule has 1 aliphatic carbocycles. The van der Waals surface area contributed by atoms with Gasteiger partial charge in [-0.3, -0.25) is 9.69 Å². The van der Waals surface area contributed by atoms with E-state index in [0.29, 0.717) is 12.6 Å². The Morgan fingerprint density at radius 2 is 1.86 bits per heavy atom. The predicted octanol–water partition coefficient (Wildman–Crippen LogP) is 3.25. The highest BCUT2D eigenvalue weighted by Gasteiger charge is 2.27. The van der Waals surface area contributed by atoms with Crippen LogP contribution < -0.4 is 0 Å². The normalized spacial score (nSPS) is 17.0. The quantitative estimate of drug-likeness (QED) is 0.769. The molecule has 2 rings (SSSR count). The van der Waals surface area contributed by atoms with E-state index in [2.05, 4.69) is 50.1 Å². The highest BCUT2D eigenvalue weighted by atomic mass is 16.2. The van der Waals surface area contributed by atoms with Gasteiger partial charge in [-0.1, -0.05) is 38.1 Å². The molecule has 0 aliphatic heterocycles. The van der Waals surface area contributed by atoms with Gasteiger partial charge in [-0.15, -0.1) is 0 Å². The SMILES string of the molecule is CCCN(CCC)C(=O)CN(C)[C@@H]1CCc2ccccc21. The maximum Gasteiger partial charge on any atom is 0.236 e. The van der Waals surface area contributed by atoms with E-state index in [-0.39, 0.29) is 5.91 Å². The molecule has 1 amide bonds. The molecular weight excluding hydrogens is 260 g/mol. The average molecular weight is 288 g/mol. The lowest BCUT2D eigenvalue weighted by Gasteiger charge is -2.28. The molecule has 0 fully saturated rings. The van der Waals surface area contributed by atoms with Crippen LogP contribution >= 0.6 is 0 Å². The number of amides is 1. The zero-order valence-corrected chi connectivity index (χ0v) is 13.6. The summed E-state index contributed by atoms with van der Waals surface area (Å²) in [6.07, 6.45) is 4.32. The van der Waals surface area contributed by atoms with Crippen molar-refractivity contribution < 1.29 is 4.79 Å². The molecule has 0 saturated carbocycles. The van der Waals surface area contributed by atoms with Gasteiger partial charge in [0.1, 0.15) is 0 Å². The molecule has 3 heteroatoms. The molecule has 0 aromatic heterocycles. The summed E-state index contributed by atoms with van der Waals surface area (Å²) in [5.74, 6) is 0.269. The number of carbonyl (C=O) groups is 1. The second-order valence-corrected chi connectivity index (χ2v) is 6.05. The van der Waals surface area contributed by atoms with Crippen molar-refractivity contribution in [2.75, 3.05) is 26.7 Å². The van der Waals surface area contributed by atoms with Crippen molar-refractivity contribution in [3.63, 3.8) is 0 Å². The smallest absolute Gasteiger partial charge is 0.236 e. The lowest BCUT2D eigenvalue weighted by atomic mass is 10.1. The van der Waals surface area contributed by atoms with Crippen molar-refractivity contribution in [3.05, 3.63) is 35.4 Å². The minimum absolute atomic E-state index is 0.269. The van der Waals surface area contributed by atoms with Crippen LogP contribution in [0.2, 0.25) is 0 Å². The van der Waals surface area contributed by atoms with E-state index in [9.17, 15) is 4.79 Å². The first-order valence-corrected chi connectivity index (χ1v) is 8.23. The Morgan fingerprint density at radius 1 is 1.19 bits per heavy atom.